The van der Waals surface area contributed by atoms with E-state index in [1.54, 1.807) is 0 Å². The molecule has 4 nitrogen and oxygen atoms in total. The van der Waals surface area contributed by atoms with Crippen molar-refractivity contribution in [3.63, 3.8) is 0 Å². The summed E-state index contributed by atoms with van der Waals surface area (Å²) in [7, 11) is -2.31. The Morgan fingerprint density at radius 2 is 2.27 bits per heavy atom. The maximum absolute atomic E-state index is 12.1. The molecule has 1 amide bonds. The number of hydrogen-bond acceptors (Lipinski definition) is 3. The van der Waals surface area contributed by atoms with Crippen LogP contribution in [0.15, 0.2) is 4.36 Å². The van der Waals surface area contributed by atoms with Crippen LogP contribution in [0.1, 0.15) is 19.3 Å². The van der Waals surface area contributed by atoms with Gasteiger partial charge in [-0.2, -0.15) is 4.36 Å². The number of carbonyl (C=O) groups is 1. The standard InChI is InChI=1S/C10H16N2O2S/c1-2-3-5-10(13)12-15(14)8-4-6-11-7-9-15/h1,11H,3-9H2. The summed E-state index contributed by atoms with van der Waals surface area (Å²) in [4.78, 5) is 11.3. The summed E-state index contributed by atoms with van der Waals surface area (Å²) in [5.74, 6) is 3.04. The Kier molecular flexibility index (Phi) is 4.79. The number of carbonyl (C=O) groups excluding carboxylic acids is 1. The zero-order chi connectivity index (χ0) is 11.1. The molecule has 0 saturated carbocycles. The van der Waals surface area contributed by atoms with Crippen LogP contribution < -0.4 is 5.32 Å². The van der Waals surface area contributed by atoms with Crippen LogP contribution in [-0.2, 0) is 14.5 Å². The second-order valence-electron chi connectivity index (χ2n) is 3.47. The first-order chi connectivity index (χ1) is 7.16. The SMILES string of the molecule is C#CCCC(=O)N=S1(=O)CCCNCC1. The number of hydrogen-bond donors (Lipinski definition) is 1. The topological polar surface area (TPSA) is 58.5 Å². The minimum Gasteiger partial charge on any atom is -0.316 e. The van der Waals surface area contributed by atoms with Gasteiger partial charge in [-0.25, -0.2) is 4.21 Å². The molecule has 1 atom stereocenters. The van der Waals surface area contributed by atoms with Crippen molar-refractivity contribution in [2.45, 2.75) is 19.3 Å². The molecule has 1 rings (SSSR count). The Bertz CT molecular complexity index is 361. The normalized spacial score (nSPS) is 26.3. The van der Waals surface area contributed by atoms with E-state index in [1.807, 2.05) is 0 Å². The van der Waals surface area contributed by atoms with Crippen molar-refractivity contribution in [2.75, 3.05) is 24.6 Å². The molecule has 0 radical (unpaired) electrons. The fourth-order valence-electron chi connectivity index (χ4n) is 1.38. The van der Waals surface area contributed by atoms with E-state index in [0.29, 0.717) is 24.5 Å². The minimum atomic E-state index is -2.31. The molecule has 1 aliphatic heterocycles. The quantitative estimate of drug-likeness (QED) is 0.695. The Morgan fingerprint density at radius 1 is 1.47 bits per heavy atom. The number of terminal acetylenes is 1. The van der Waals surface area contributed by atoms with Gasteiger partial charge in [0.1, 0.15) is 0 Å². The van der Waals surface area contributed by atoms with Crippen molar-refractivity contribution in [1.82, 2.24) is 5.32 Å². The molecule has 0 aromatic heterocycles. The van der Waals surface area contributed by atoms with E-state index in [4.69, 9.17) is 6.42 Å². The highest BCUT2D eigenvalue weighted by Gasteiger charge is 2.14. The zero-order valence-corrected chi connectivity index (χ0v) is 9.52. The summed E-state index contributed by atoms with van der Waals surface area (Å²) >= 11 is 0. The van der Waals surface area contributed by atoms with E-state index in [0.717, 1.165) is 13.0 Å². The van der Waals surface area contributed by atoms with Gasteiger partial charge in [-0.15, -0.1) is 12.3 Å². The molecular weight excluding hydrogens is 212 g/mol. The van der Waals surface area contributed by atoms with Crippen LogP contribution in [0.25, 0.3) is 0 Å². The van der Waals surface area contributed by atoms with Crippen molar-refractivity contribution >= 4 is 15.6 Å². The fraction of sp³-hybridized carbons (Fsp3) is 0.700. The maximum atomic E-state index is 12.1. The molecule has 0 aromatic rings. The summed E-state index contributed by atoms with van der Waals surface area (Å²) in [6.07, 6.45) is 6.43. The van der Waals surface area contributed by atoms with Crippen LogP contribution in [0, 0.1) is 12.3 Å². The van der Waals surface area contributed by atoms with Crippen LogP contribution in [0.4, 0.5) is 0 Å². The molecule has 0 bridgehead atoms. The third-order valence-electron chi connectivity index (χ3n) is 2.17. The van der Waals surface area contributed by atoms with Gasteiger partial charge in [0.05, 0.1) is 9.73 Å². The van der Waals surface area contributed by atoms with Crippen LogP contribution in [0.2, 0.25) is 0 Å². The lowest BCUT2D eigenvalue weighted by Crippen LogP contribution is -2.19. The predicted octanol–water partition coefficient (Wildman–Crippen LogP) is 0.388. The van der Waals surface area contributed by atoms with Crippen LogP contribution in [0.5, 0.6) is 0 Å². The first kappa shape index (κ1) is 12.2. The van der Waals surface area contributed by atoms with Crippen molar-refractivity contribution in [3.05, 3.63) is 0 Å². The summed E-state index contributed by atoms with van der Waals surface area (Å²) < 4.78 is 15.9. The molecule has 1 N–H and O–H groups in total. The first-order valence-electron chi connectivity index (χ1n) is 5.06. The van der Waals surface area contributed by atoms with Gasteiger partial charge in [0.2, 0.25) is 0 Å². The Labute approximate surface area is 91.0 Å². The van der Waals surface area contributed by atoms with Gasteiger partial charge in [-0.05, 0) is 13.0 Å². The highest BCUT2D eigenvalue weighted by atomic mass is 32.2. The summed E-state index contributed by atoms with van der Waals surface area (Å²) in [6, 6.07) is 0. The zero-order valence-electron chi connectivity index (χ0n) is 8.70. The smallest absolute Gasteiger partial charge is 0.254 e. The molecular formula is C10H16N2O2S. The lowest BCUT2D eigenvalue weighted by molar-refractivity contribution is -0.117. The van der Waals surface area contributed by atoms with Gasteiger partial charge in [-0.3, -0.25) is 4.79 Å². The lowest BCUT2D eigenvalue weighted by atomic mass is 10.3. The van der Waals surface area contributed by atoms with Crippen LogP contribution in [-0.4, -0.2) is 34.7 Å². The van der Waals surface area contributed by atoms with Gasteiger partial charge in [0.25, 0.3) is 5.91 Å². The maximum Gasteiger partial charge on any atom is 0.254 e. The molecule has 1 fully saturated rings. The fourth-order valence-corrected chi connectivity index (χ4v) is 3.29. The Morgan fingerprint density at radius 3 is 3.00 bits per heavy atom. The number of rotatable bonds is 2. The Hall–Kier alpha value is -0.860. The molecule has 0 aliphatic carbocycles. The van der Waals surface area contributed by atoms with Crippen molar-refractivity contribution in [1.29, 1.82) is 0 Å². The van der Waals surface area contributed by atoms with Gasteiger partial charge in [-0.1, -0.05) is 0 Å². The summed E-state index contributed by atoms with van der Waals surface area (Å²) in [5.41, 5.74) is 0. The van der Waals surface area contributed by atoms with Gasteiger partial charge < -0.3 is 5.32 Å². The largest absolute Gasteiger partial charge is 0.316 e. The number of nitrogens with zero attached hydrogens (tertiary/aromatic N) is 1. The van der Waals surface area contributed by atoms with E-state index < -0.39 is 9.73 Å². The lowest BCUT2D eigenvalue weighted by Gasteiger charge is -2.03. The molecule has 1 aliphatic rings. The molecule has 5 heteroatoms. The van der Waals surface area contributed by atoms with E-state index in [1.165, 1.54) is 0 Å². The molecule has 1 saturated heterocycles. The third-order valence-corrected chi connectivity index (χ3v) is 4.47. The average Bonchev–Trinajstić information content (AvgIpc) is 2.40. The van der Waals surface area contributed by atoms with Gasteiger partial charge in [0.15, 0.2) is 0 Å². The first-order valence-corrected chi connectivity index (χ1v) is 6.91. The number of nitrogens with one attached hydrogen (secondary N) is 1. The molecule has 15 heavy (non-hydrogen) atoms. The average molecular weight is 228 g/mol. The van der Waals surface area contributed by atoms with Gasteiger partial charge in [0, 0.05) is 30.9 Å². The second kappa shape index (κ2) is 5.89. The predicted molar refractivity (Wildman–Crippen MR) is 60.9 cm³/mol. The van der Waals surface area contributed by atoms with Crippen molar-refractivity contribution in [2.24, 2.45) is 4.36 Å². The molecule has 84 valence electrons. The second-order valence-corrected chi connectivity index (χ2v) is 6.02. The van der Waals surface area contributed by atoms with Crippen LogP contribution in [0.3, 0.4) is 0 Å². The monoisotopic (exact) mass is 228 g/mol. The molecule has 0 spiro atoms. The third kappa shape index (κ3) is 4.45. The minimum absolute atomic E-state index is 0.209. The molecule has 1 heterocycles. The molecule has 0 aromatic carbocycles. The summed E-state index contributed by atoms with van der Waals surface area (Å²) in [5, 5.41) is 3.14. The highest BCUT2D eigenvalue weighted by molar-refractivity contribution is 7.93. The molecule has 1 unspecified atom stereocenters. The van der Waals surface area contributed by atoms with E-state index in [9.17, 15) is 9.00 Å². The number of amides is 1. The van der Waals surface area contributed by atoms with E-state index in [-0.39, 0.29) is 12.3 Å². The van der Waals surface area contributed by atoms with Crippen molar-refractivity contribution in [3.8, 4) is 12.3 Å². The van der Waals surface area contributed by atoms with E-state index >= 15 is 0 Å². The summed E-state index contributed by atoms with van der Waals surface area (Å²) in [6.45, 7) is 1.52. The van der Waals surface area contributed by atoms with Crippen LogP contribution >= 0.6 is 0 Å². The van der Waals surface area contributed by atoms with Crippen molar-refractivity contribution < 1.29 is 9.00 Å². The Balaban J connectivity index is 2.66. The van der Waals surface area contributed by atoms with Gasteiger partial charge >= 0.3 is 0 Å². The highest BCUT2D eigenvalue weighted by Crippen LogP contribution is 2.04. The van der Waals surface area contributed by atoms with E-state index in [2.05, 4.69) is 15.6 Å².